The second kappa shape index (κ2) is 17.2. The van der Waals surface area contributed by atoms with Crippen molar-refractivity contribution in [1.82, 2.24) is 0 Å². The van der Waals surface area contributed by atoms with Crippen molar-refractivity contribution in [3.05, 3.63) is 0 Å². The zero-order valence-corrected chi connectivity index (χ0v) is 14.9. The van der Waals surface area contributed by atoms with Crippen LogP contribution in [0, 0.1) is 5.92 Å². The lowest BCUT2D eigenvalue weighted by atomic mass is 9.51. The summed E-state index contributed by atoms with van der Waals surface area (Å²) >= 11 is 0. The van der Waals surface area contributed by atoms with Crippen molar-refractivity contribution >= 4 is 14.9 Å². The Morgan fingerprint density at radius 1 is 0.700 bits per heavy atom. The topological polar surface area (TPSA) is 0 Å². The molecule has 0 fully saturated rings. The van der Waals surface area contributed by atoms with Gasteiger partial charge in [0.15, 0.2) is 0 Å². The van der Waals surface area contributed by atoms with Crippen LogP contribution in [0.3, 0.4) is 0 Å². The fourth-order valence-corrected chi connectivity index (χ4v) is 3.15. The Bertz CT molecular complexity index is 171. The molecular weight excluding hydrogens is 238 g/mol. The molecular formula is C18H40B2. The van der Waals surface area contributed by atoms with Gasteiger partial charge >= 0.3 is 0 Å². The van der Waals surface area contributed by atoms with Crippen molar-refractivity contribution in [2.45, 2.75) is 110 Å². The fourth-order valence-electron chi connectivity index (χ4n) is 3.15. The van der Waals surface area contributed by atoms with E-state index in [1.54, 1.807) is 0 Å². The van der Waals surface area contributed by atoms with Crippen LogP contribution in [0.25, 0.3) is 0 Å². The summed E-state index contributed by atoms with van der Waals surface area (Å²) in [6, 6.07) is 0. The third kappa shape index (κ3) is 16.2. The number of hydrogen-bond donors (Lipinski definition) is 0. The Hall–Kier alpha value is 0.130. The maximum Gasteiger partial charge on any atom is 0.0825 e. The number of unbranched alkanes of at least 4 members (excludes halogenated alkanes) is 12. The molecule has 0 aromatic rings. The summed E-state index contributed by atoms with van der Waals surface area (Å²) in [6.07, 6.45) is 22.0. The smallest absolute Gasteiger partial charge is 0.0824 e. The number of hydrogen-bond acceptors (Lipinski definition) is 0. The Balaban J connectivity index is 2.99. The van der Waals surface area contributed by atoms with E-state index in [-0.39, 0.29) is 0 Å². The van der Waals surface area contributed by atoms with Crippen molar-refractivity contribution in [3.63, 3.8) is 0 Å². The van der Waals surface area contributed by atoms with Gasteiger partial charge in [-0.1, -0.05) is 116 Å². The molecule has 0 aromatic carbocycles. The van der Waals surface area contributed by atoms with Crippen LogP contribution in [-0.2, 0) is 0 Å². The average molecular weight is 278 g/mol. The molecule has 0 radical (unpaired) electrons. The van der Waals surface area contributed by atoms with Gasteiger partial charge in [0, 0.05) is 0 Å². The van der Waals surface area contributed by atoms with E-state index in [2.05, 4.69) is 21.6 Å². The molecule has 0 bridgehead atoms. The van der Waals surface area contributed by atoms with Gasteiger partial charge in [-0.15, -0.1) is 0 Å². The summed E-state index contributed by atoms with van der Waals surface area (Å²) in [5, 5.41) is 0. The molecule has 0 nitrogen and oxygen atoms in total. The third-order valence-electron chi connectivity index (χ3n) is 4.58. The average Bonchev–Trinajstić information content (AvgIpc) is 2.44. The highest BCUT2D eigenvalue weighted by Crippen LogP contribution is 2.15. The van der Waals surface area contributed by atoms with Crippen molar-refractivity contribution in [3.8, 4) is 0 Å². The van der Waals surface area contributed by atoms with Crippen LogP contribution in [0.4, 0.5) is 0 Å². The van der Waals surface area contributed by atoms with E-state index in [1.165, 1.54) is 103 Å². The predicted molar refractivity (Wildman–Crippen MR) is 100.0 cm³/mol. The van der Waals surface area contributed by atoms with E-state index < -0.39 is 0 Å². The Morgan fingerprint density at radius 3 is 1.50 bits per heavy atom. The zero-order chi connectivity index (χ0) is 14.9. The monoisotopic (exact) mass is 278 g/mol. The molecule has 0 saturated carbocycles. The van der Waals surface area contributed by atoms with E-state index in [0.29, 0.717) is 0 Å². The Kier molecular flexibility index (Phi) is 17.3. The minimum atomic E-state index is 0.965. The van der Waals surface area contributed by atoms with Gasteiger partial charge in [0.25, 0.3) is 0 Å². The standard InChI is InChI=1S/C18H40B2/c1-3-4-5-6-7-8-9-10-11-12-13-14-15-16-18(2)17-20-19/h18,20H,3-17,19H2,1-2H3. The normalized spacial score (nSPS) is 12.5. The van der Waals surface area contributed by atoms with Gasteiger partial charge < -0.3 is 0 Å². The summed E-state index contributed by atoms with van der Waals surface area (Å²) in [4.78, 5) is 0. The van der Waals surface area contributed by atoms with Crippen molar-refractivity contribution in [1.29, 1.82) is 0 Å². The molecule has 20 heavy (non-hydrogen) atoms. The molecule has 0 saturated heterocycles. The van der Waals surface area contributed by atoms with Gasteiger partial charge in [-0.2, -0.15) is 0 Å². The van der Waals surface area contributed by atoms with Crippen molar-refractivity contribution < 1.29 is 0 Å². The predicted octanol–water partition coefficient (Wildman–Crippen LogP) is 5.51. The first-order chi connectivity index (χ1) is 9.81. The minimum absolute atomic E-state index is 0.965. The van der Waals surface area contributed by atoms with E-state index in [9.17, 15) is 0 Å². The van der Waals surface area contributed by atoms with E-state index in [4.69, 9.17) is 0 Å². The molecule has 0 amide bonds. The van der Waals surface area contributed by atoms with Crippen LogP contribution in [0.5, 0.6) is 0 Å². The van der Waals surface area contributed by atoms with Gasteiger partial charge in [0.2, 0.25) is 0 Å². The summed E-state index contributed by atoms with van der Waals surface area (Å²) in [5.41, 5.74) is 0. The first-order valence-corrected chi connectivity index (χ1v) is 9.81. The summed E-state index contributed by atoms with van der Waals surface area (Å²) in [7, 11) is 3.67. The molecule has 2 heteroatoms. The van der Waals surface area contributed by atoms with Gasteiger partial charge in [0.1, 0.15) is 0 Å². The zero-order valence-electron chi connectivity index (χ0n) is 14.9. The molecule has 0 rings (SSSR count). The van der Waals surface area contributed by atoms with E-state index in [1.807, 2.05) is 0 Å². The molecule has 1 atom stereocenters. The lowest BCUT2D eigenvalue weighted by Crippen LogP contribution is -1.99. The molecule has 1 unspecified atom stereocenters. The van der Waals surface area contributed by atoms with E-state index >= 15 is 0 Å². The SMILES string of the molecule is BBCC(C)CCCCCCCCCCCCCCC. The van der Waals surface area contributed by atoms with Crippen molar-refractivity contribution in [2.75, 3.05) is 0 Å². The molecule has 0 heterocycles. The highest BCUT2D eigenvalue weighted by Gasteiger charge is 2.00. The van der Waals surface area contributed by atoms with Gasteiger partial charge in [-0.3, -0.25) is 0 Å². The van der Waals surface area contributed by atoms with Crippen LogP contribution in [0.1, 0.15) is 104 Å². The summed E-state index contributed by atoms with van der Waals surface area (Å²) in [5.74, 6) is 0.965. The maximum atomic E-state index is 2.42. The number of rotatable bonds is 16. The van der Waals surface area contributed by atoms with Crippen LogP contribution < -0.4 is 0 Å². The minimum Gasteiger partial charge on any atom is -0.0824 e. The van der Waals surface area contributed by atoms with Crippen LogP contribution in [0.2, 0.25) is 6.32 Å². The highest BCUT2D eigenvalue weighted by atomic mass is 14.0. The second-order valence-corrected chi connectivity index (χ2v) is 6.93. The molecule has 0 aromatic heterocycles. The molecule has 0 aliphatic rings. The van der Waals surface area contributed by atoms with Gasteiger partial charge in [-0.05, 0) is 0 Å². The van der Waals surface area contributed by atoms with Crippen LogP contribution in [0.15, 0.2) is 0 Å². The molecule has 0 aliphatic carbocycles. The molecule has 0 N–H and O–H groups in total. The third-order valence-corrected chi connectivity index (χ3v) is 4.58. The molecule has 118 valence electrons. The van der Waals surface area contributed by atoms with Crippen LogP contribution >= 0.6 is 0 Å². The maximum absolute atomic E-state index is 2.42. The van der Waals surface area contributed by atoms with Crippen molar-refractivity contribution in [2.24, 2.45) is 5.92 Å². The first kappa shape index (κ1) is 20.1. The van der Waals surface area contributed by atoms with E-state index in [0.717, 1.165) is 5.92 Å². The summed E-state index contributed by atoms with van der Waals surface area (Å²) < 4.78 is 0. The quantitative estimate of drug-likeness (QED) is 0.258. The fraction of sp³-hybridized carbons (Fsp3) is 1.00. The lowest BCUT2D eigenvalue weighted by molar-refractivity contribution is 0.503. The molecule has 0 spiro atoms. The Morgan fingerprint density at radius 2 is 1.10 bits per heavy atom. The Labute approximate surface area is 131 Å². The molecule has 0 aliphatic heterocycles. The lowest BCUT2D eigenvalue weighted by Gasteiger charge is -2.08. The summed E-state index contributed by atoms with van der Waals surface area (Å²) in [6.45, 7) is 4.72. The van der Waals surface area contributed by atoms with Gasteiger partial charge in [-0.25, -0.2) is 0 Å². The largest absolute Gasteiger partial charge is 0.0825 e. The second-order valence-electron chi connectivity index (χ2n) is 6.93. The highest BCUT2D eigenvalue weighted by molar-refractivity contribution is 6.89. The van der Waals surface area contributed by atoms with Crippen LogP contribution in [-0.4, -0.2) is 14.9 Å². The van der Waals surface area contributed by atoms with Gasteiger partial charge in [0.05, 0.1) is 14.9 Å². The first-order valence-electron chi connectivity index (χ1n) is 9.81.